The molecular formula is C13H14N2O6. The summed E-state index contributed by atoms with van der Waals surface area (Å²) in [5, 5.41) is 14.3. The van der Waals surface area contributed by atoms with E-state index in [-0.39, 0.29) is 29.4 Å². The summed E-state index contributed by atoms with van der Waals surface area (Å²) in [4.78, 5) is 22.0. The van der Waals surface area contributed by atoms with Gasteiger partial charge < -0.3 is 13.7 Å². The molecule has 0 saturated carbocycles. The van der Waals surface area contributed by atoms with E-state index in [0.29, 0.717) is 0 Å². The smallest absolute Gasteiger partial charge is 0.433 e. The van der Waals surface area contributed by atoms with Crippen LogP contribution in [-0.4, -0.2) is 22.7 Å². The van der Waals surface area contributed by atoms with E-state index in [1.807, 2.05) is 6.92 Å². The third-order valence-corrected chi connectivity index (χ3v) is 2.80. The highest BCUT2D eigenvalue weighted by Gasteiger charge is 2.26. The van der Waals surface area contributed by atoms with Crippen LogP contribution in [0.1, 0.15) is 35.9 Å². The Kier molecular flexibility index (Phi) is 4.36. The Morgan fingerprint density at radius 2 is 2.24 bits per heavy atom. The van der Waals surface area contributed by atoms with Gasteiger partial charge in [-0.25, -0.2) is 4.79 Å². The van der Waals surface area contributed by atoms with E-state index >= 15 is 0 Å². The average Bonchev–Trinajstić information content (AvgIpc) is 3.05. The Morgan fingerprint density at radius 1 is 1.48 bits per heavy atom. The molecule has 0 aliphatic carbocycles. The minimum absolute atomic E-state index is 0.0843. The fourth-order valence-electron chi connectivity index (χ4n) is 1.72. The van der Waals surface area contributed by atoms with Gasteiger partial charge in [0.15, 0.2) is 11.5 Å². The van der Waals surface area contributed by atoms with Crippen LogP contribution in [0.4, 0.5) is 5.88 Å². The summed E-state index contributed by atoms with van der Waals surface area (Å²) >= 11 is 0. The van der Waals surface area contributed by atoms with Gasteiger partial charge in [-0.3, -0.25) is 10.1 Å². The summed E-state index contributed by atoms with van der Waals surface area (Å²) in [5.74, 6) is -0.668. The normalized spacial score (nSPS) is 10.6. The fourth-order valence-corrected chi connectivity index (χ4v) is 1.72. The molecule has 0 amide bonds. The topological polar surface area (TPSA) is 109 Å². The van der Waals surface area contributed by atoms with Gasteiger partial charge in [0.05, 0.1) is 12.7 Å². The second-order valence-electron chi connectivity index (χ2n) is 4.35. The molecule has 0 bridgehead atoms. The standard InChI is InChI=1S/C13H14N2O6/c1-3-4-7-19-13(16)11-8(2)21-14-12(11)9-5-6-10(20-9)15(17)18/h5-6H,3-4,7H2,1-2H3. The lowest BCUT2D eigenvalue weighted by Gasteiger charge is -2.03. The van der Waals surface area contributed by atoms with Gasteiger partial charge in [-0.1, -0.05) is 18.5 Å². The van der Waals surface area contributed by atoms with Crippen molar-refractivity contribution in [2.45, 2.75) is 26.7 Å². The maximum atomic E-state index is 12.0. The highest BCUT2D eigenvalue weighted by Crippen LogP contribution is 2.30. The van der Waals surface area contributed by atoms with Crippen LogP contribution in [0.2, 0.25) is 0 Å². The average molecular weight is 294 g/mol. The molecule has 2 rings (SSSR count). The summed E-state index contributed by atoms with van der Waals surface area (Å²) in [6.45, 7) is 3.83. The number of esters is 1. The van der Waals surface area contributed by atoms with Crippen molar-refractivity contribution in [1.29, 1.82) is 0 Å². The Morgan fingerprint density at radius 3 is 2.86 bits per heavy atom. The molecule has 0 aliphatic rings. The van der Waals surface area contributed by atoms with Crippen molar-refractivity contribution in [3.8, 4) is 11.5 Å². The molecule has 112 valence electrons. The van der Waals surface area contributed by atoms with Crippen LogP contribution in [-0.2, 0) is 4.74 Å². The van der Waals surface area contributed by atoms with Crippen molar-refractivity contribution in [2.75, 3.05) is 6.61 Å². The number of nitrogens with zero attached hydrogens (tertiary/aromatic N) is 2. The van der Waals surface area contributed by atoms with Gasteiger partial charge in [0.2, 0.25) is 0 Å². The molecule has 0 aliphatic heterocycles. The highest BCUT2D eigenvalue weighted by atomic mass is 16.6. The number of ether oxygens (including phenoxy) is 1. The number of carbonyl (C=O) groups excluding carboxylic acids is 1. The quantitative estimate of drug-likeness (QED) is 0.348. The molecule has 0 unspecified atom stereocenters. The van der Waals surface area contributed by atoms with E-state index in [1.54, 1.807) is 6.92 Å². The van der Waals surface area contributed by atoms with E-state index in [0.717, 1.165) is 12.8 Å². The molecule has 8 nitrogen and oxygen atoms in total. The van der Waals surface area contributed by atoms with Crippen molar-refractivity contribution in [3.05, 3.63) is 33.6 Å². The number of rotatable bonds is 6. The Labute approximate surface area is 119 Å². The summed E-state index contributed by atoms with van der Waals surface area (Å²) in [6.07, 6.45) is 1.64. The van der Waals surface area contributed by atoms with Crippen molar-refractivity contribution < 1.29 is 23.4 Å². The number of aryl methyl sites for hydroxylation is 1. The first-order valence-electron chi connectivity index (χ1n) is 6.42. The van der Waals surface area contributed by atoms with E-state index in [1.165, 1.54) is 12.1 Å². The van der Waals surface area contributed by atoms with Gasteiger partial charge in [-0.05, 0) is 19.4 Å². The monoisotopic (exact) mass is 294 g/mol. The van der Waals surface area contributed by atoms with Crippen LogP contribution in [0.3, 0.4) is 0 Å². The Balaban J connectivity index is 2.28. The van der Waals surface area contributed by atoms with E-state index in [9.17, 15) is 14.9 Å². The zero-order chi connectivity index (χ0) is 15.4. The molecule has 0 saturated heterocycles. The third kappa shape index (κ3) is 3.10. The van der Waals surface area contributed by atoms with Crippen LogP contribution in [0.25, 0.3) is 11.5 Å². The molecule has 2 heterocycles. The zero-order valence-corrected chi connectivity index (χ0v) is 11.6. The Hall–Kier alpha value is -2.64. The summed E-state index contributed by atoms with van der Waals surface area (Å²) in [5.41, 5.74) is 0.220. The van der Waals surface area contributed by atoms with Gasteiger partial charge in [0.1, 0.15) is 16.2 Å². The first-order chi connectivity index (χ1) is 10.0. The van der Waals surface area contributed by atoms with Gasteiger partial charge in [0.25, 0.3) is 0 Å². The van der Waals surface area contributed by atoms with Crippen LogP contribution >= 0.6 is 0 Å². The molecule has 2 aromatic heterocycles. The highest BCUT2D eigenvalue weighted by molar-refractivity contribution is 5.96. The molecule has 8 heteroatoms. The third-order valence-electron chi connectivity index (χ3n) is 2.80. The molecule has 0 aromatic carbocycles. The summed E-state index contributed by atoms with van der Waals surface area (Å²) < 4.78 is 15.1. The number of hydrogen-bond acceptors (Lipinski definition) is 7. The SMILES string of the molecule is CCCCOC(=O)c1c(-c2ccc([N+](=O)[O-])o2)noc1C. The largest absolute Gasteiger partial charge is 0.462 e. The van der Waals surface area contributed by atoms with E-state index < -0.39 is 16.8 Å². The maximum absolute atomic E-state index is 12.0. The van der Waals surface area contributed by atoms with Crippen LogP contribution < -0.4 is 0 Å². The number of aromatic nitrogens is 1. The predicted molar refractivity (Wildman–Crippen MR) is 70.8 cm³/mol. The number of carbonyl (C=O) groups is 1. The second-order valence-corrected chi connectivity index (χ2v) is 4.35. The molecule has 2 aromatic rings. The first kappa shape index (κ1) is 14.8. The number of hydrogen-bond donors (Lipinski definition) is 0. The zero-order valence-electron chi connectivity index (χ0n) is 11.6. The molecule has 0 spiro atoms. The molecule has 0 N–H and O–H groups in total. The lowest BCUT2D eigenvalue weighted by Crippen LogP contribution is -2.08. The lowest BCUT2D eigenvalue weighted by atomic mass is 10.1. The van der Waals surface area contributed by atoms with E-state index in [2.05, 4.69) is 5.16 Å². The van der Waals surface area contributed by atoms with Crippen molar-refractivity contribution >= 4 is 11.9 Å². The molecule has 21 heavy (non-hydrogen) atoms. The van der Waals surface area contributed by atoms with Crippen molar-refractivity contribution in [2.24, 2.45) is 0 Å². The number of unbranched alkanes of at least 4 members (excludes halogenated alkanes) is 1. The Bertz CT molecular complexity index is 657. The van der Waals surface area contributed by atoms with Gasteiger partial charge in [0, 0.05) is 0 Å². The van der Waals surface area contributed by atoms with Crippen LogP contribution in [0.5, 0.6) is 0 Å². The van der Waals surface area contributed by atoms with E-state index in [4.69, 9.17) is 13.7 Å². The van der Waals surface area contributed by atoms with Gasteiger partial charge in [-0.15, -0.1) is 0 Å². The predicted octanol–water partition coefficient (Wildman–Crippen LogP) is 3.11. The van der Waals surface area contributed by atoms with Crippen LogP contribution in [0.15, 0.2) is 21.1 Å². The van der Waals surface area contributed by atoms with Crippen molar-refractivity contribution in [1.82, 2.24) is 5.16 Å². The molecule has 0 atom stereocenters. The lowest BCUT2D eigenvalue weighted by molar-refractivity contribution is -0.401. The maximum Gasteiger partial charge on any atom is 0.433 e. The van der Waals surface area contributed by atoms with Crippen molar-refractivity contribution in [3.63, 3.8) is 0 Å². The molecular weight excluding hydrogens is 280 g/mol. The van der Waals surface area contributed by atoms with Crippen LogP contribution in [0, 0.1) is 17.0 Å². The fraction of sp³-hybridized carbons (Fsp3) is 0.385. The minimum atomic E-state index is -0.671. The van der Waals surface area contributed by atoms with Gasteiger partial charge in [-0.2, -0.15) is 0 Å². The molecule has 0 fully saturated rings. The molecule has 0 radical (unpaired) electrons. The summed E-state index contributed by atoms with van der Waals surface area (Å²) in [6, 6.07) is 2.55. The number of furan rings is 1. The summed E-state index contributed by atoms with van der Waals surface area (Å²) in [7, 11) is 0. The number of nitro groups is 1. The first-order valence-corrected chi connectivity index (χ1v) is 6.42. The van der Waals surface area contributed by atoms with Gasteiger partial charge >= 0.3 is 11.9 Å². The minimum Gasteiger partial charge on any atom is -0.462 e. The second kappa shape index (κ2) is 6.21.